The van der Waals surface area contributed by atoms with Crippen molar-refractivity contribution in [2.24, 2.45) is 0 Å². The Morgan fingerprint density at radius 3 is 2.67 bits per heavy atom. The van der Waals surface area contributed by atoms with Crippen molar-refractivity contribution >= 4 is 22.6 Å². The molecule has 3 aromatic rings. The number of halogens is 2. The molecule has 1 aliphatic carbocycles. The number of fused-ring (bicyclic) bond motifs is 3. The van der Waals surface area contributed by atoms with E-state index >= 15 is 8.78 Å². The van der Waals surface area contributed by atoms with E-state index in [-0.39, 0.29) is 36.3 Å². The first-order valence-corrected chi connectivity index (χ1v) is 11.2. The minimum atomic E-state index is -2.90. The van der Waals surface area contributed by atoms with Crippen molar-refractivity contribution < 1.29 is 18.7 Å². The van der Waals surface area contributed by atoms with Gasteiger partial charge in [0, 0.05) is 24.2 Å². The lowest BCUT2D eigenvalue weighted by Gasteiger charge is -2.30. The quantitative estimate of drug-likeness (QED) is 0.578. The van der Waals surface area contributed by atoms with Crippen LogP contribution < -0.4 is 10.9 Å². The Morgan fingerprint density at radius 2 is 1.97 bits per heavy atom. The van der Waals surface area contributed by atoms with Crippen LogP contribution in [-0.2, 0) is 12.0 Å². The monoisotopic (exact) mass is 453 g/mol. The van der Waals surface area contributed by atoms with E-state index in [4.69, 9.17) is 4.98 Å². The molecule has 0 unspecified atom stereocenters. The molecule has 0 amide bonds. The molecule has 33 heavy (non-hydrogen) atoms. The van der Waals surface area contributed by atoms with Gasteiger partial charge in [-0.25, -0.2) is 18.6 Å². The summed E-state index contributed by atoms with van der Waals surface area (Å²) in [5.74, 6) is -3.77. The number of carboxylic acids is 1. The second kappa shape index (κ2) is 7.37. The molecule has 2 N–H and O–H groups in total. The number of nitrogens with zero attached hydrogens (tertiary/aromatic N) is 2. The number of aromatic carboxylic acids is 1. The molecule has 1 aliphatic heterocycles. The van der Waals surface area contributed by atoms with Crippen LogP contribution in [0.4, 0.5) is 14.5 Å². The number of carbonyl (C=O) groups is 1. The maximum Gasteiger partial charge on any atom is 0.337 e. The van der Waals surface area contributed by atoms with E-state index in [9.17, 15) is 14.7 Å². The first kappa shape index (κ1) is 21.6. The fraction of sp³-hybridized carbons (Fsp3) is 0.400. The highest BCUT2D eigenvalue weighted by Gasteiger charge is 2.62. The first-order chi connectivity index (χ1) is 15.6. The number of aromatic nitrogens is 2. The fourth-order valence-corrected chi connectivity index (χ4v) is 5.54. The zero-order valence-corrected chi connectivity index (χ0v) is 18.5. The van der Waals surface area contributed by atoms with Gasteiger partial charge in [0.15, 0.2) is 0 Å². The van der Waals surface area contributed by atoms with Gasteiger partial charge in [-0.15, -0.1) is 0 Å². The fourth-order valence-electron chi connectivity index (χ4n) is 5.54. The molecule has 2 atom stereocenters. The minimum absolute atomic E-state index is 0.125. The molecule has 0 radical (unpaired) electrons. The second-order valence-electron chi connectivity index (χ2n) is 9.25. The predicted octanol–water partition coefficient (Wildman–Crippen LogP) is 5.04. The Labute approximate surface area is 189 Å². The van der Waals surface area contributed by atoms with Gasteiger partial charge in [-0.2, -0.15) is 0 Å². The first-order valence-electron chi connectivity index (χ1n) is 11.2. The number of aryl methyl sites for hydroxylation is 1. The lowest BCUT2D eigenvalue weighted by atomic mass is 9.81. The molecule has 6 nitrogen and oxygen atoms in total. The van der Waals surface area contributed by atoms with Gasteiger partial charge >= 0.3 is 5.97 Å². The lowest BCUT2D eigenvalue weighted by Crippen LogP contribution is -2.40. The number of hydrogen-bond donors (Lipinski definition) is 2. The van der Waals surface area contributed by atoms with Crippen LogP contribution in [0.2, 0.25) is 0 Å². The second-order valence-corrected chi connectivity index (χ2v) is 9.25. The SMILES string of the molecule is Cc1cc([C@@H](C)Nc2ccccc2C(=O)O)c2nc3n(c(=O)c2c1)CC[C@@]31CCCC1(F)F. The summed E-state index contributed by atoms with van der Waals surface area (Å²) in [4.78, 5) is 29.7. The molecule has 0 saturated heterocycles. The maximum atomic E-state index is 15.0. The van der Waals surface area contributed by atoms with Gasteiger partial charge in [-0.05, 0) is 56.9 Å². The predicted molar refractivity (Wildman–Crippen MR) is 121 cm³/mol. The Hall–Kier alpha value is -3.29. The van der Waals surface area contributed by atoms with Gasteiger partial charge in [0.25, 0.3) is 11.5 Å². The van der Waals surface area contributed by atoms with Crippen LogP contribution in [-0.4, -0.2) is 26.5 Å². The van der Waals surface area contributed by atoms with Gasteiger partial charge < -0.3 is 10.4 Å². The average molecular weight is 453 g/mol. The van der Waals surface area contributed by atoms with Gasteiger partial charge in [-0.1, -0.05) is 18.2 Å². The molecular weight excluding hydrogens is 428 g/mol. The molecule has 1 saturated carbocycles. The van der Waals surface area contributed by atoms with Gasteiger partial charge in [-0.3, -0.25) is 9.36 Å². The smallest absolute Gasteiger partial charge is 0.337 e. The summed E-state index contributed by atoms with van der Waals surface area (Å²) in [6.07, 6.45) is 0.753. The Morgan fingerprint density at radius 1 is 1.21 bits per heavy atom. The number of benzene rings is 2. The van der Waals surface area contributed by atoms with Crippen molar-refractivity contribution in [3.05, 3.63) is 69.3 Å². The van der Waals surface area contributed by atoms with Crippen LogP contribution in [0.5, 0.6) is 0 Å². The average Bonchev–Trinajstić information content (AvgIpc) is 3.29. The molecule has 1 aromatic heterocycles. The van der Waals surface area contributed by atoms with Crippen LogP contribution in [0.1, 0.15) is 66.0 Å². The summed E-state index contributed by atoms with van der Waals surface area (Å²) < 4.78 is 31.5. The van der Waals surface area contributed by atoms with Crippen LogP contribution in [0.25, 0.3) is 10.9 Å². The van der Waals surface area contributed by atoms with Crippen molar-refractivity contribution in [3.63, 3.8) is 0 Å². The summed E-state index contributed by atoms with van der Waals surface area (Å²) in [5, 5.41) is 13.1. The third kappa shape index (κ3) is 3.14. The van der Waals surface area contributed by atoms with E-state index in [0.29, 0.717) is 35.0 Å². The van der Waals surface area contributed by atoms with Gasteiger partial charge in [0.1, 0.15) is 5.82 Å². The third-order valence-corrected chi connectivity index (χ3v) is 7.21. The van der Waals surface area contributed by atoms with Crippen LogP contribution in [0, 0.1) is 6.92 Å². The number of carboxylic acid groups (broad SMARTS) is 1. The zero-order chi connectivity index (χ0) is 23.5. The topological polar surface area (TPSA) is 84.2 Å². The molecule has 1 spiro atoms. The molecule has 1 fully saturated rings. The van der Waals surface area contributed by atoms with Crippen molar-refractivity contribution in [2.75, 3.05) is 5.32 Å². The van der Waals surface area contributed by atoms with Gasteiger partial charge in [0.2, 0.25) is 0 Å². The highest BCUT2D eigenvalue weighted by atomic mass is 19.3. The van der Waals surface area contributed by atoms with Crippen molar-refractivity contribution in [2.45, 2.75) is 63.5 Å². The molecule has 0 bridgehead atoms. The van der Waals surface area contributed by atoms with E-state index < -0.39 is 23.3 Å². The van der Waals surface area contributed by atoms with E-state index in [2.05, 4.69) is 5.32 Å². The number of nitrogens with one attached hydrogen (secondary N) is 1. The molecule has 8 heteroatoms. The minimum Gasteiger partial charge on any atom is -0.478 e. The zero-order valence-electron chi connectivity index (χ0n) is 18.5. The maximum absolute atomic E-state index is 15.0. The number of rotatable bonds is 4. The Bertz CT molecular complexity index is 1350. The molecule has 5 rings (SSSR count). The summed E-state index contributed by atoms with van der Waals surface area (Å²) in [6, 6.07) is 9.78. The summed E-state index contributed by atoms with van der Waals surface area (Å²) in [6.45, 7) is 3.96. The van der Waals surface area contributed by atoms with Crippen molar-refractivity contribution in [3.8, 4) is 0 Å². The third-order valence-electron chi connectivity index (χ3n) is 7.21. The molecular formula is C25H25F2N3O3. The number of anilines is 1. The highest BCUT2D eigenvalue weighted by Crippen LogP contribution is 2.56. The summed E-state index contributed by atoms with van der Waals surface area (Å²) in [5.41, 5.74) is 0.787. The number of hydrogen-bond acceptors (Lipinski definition) is 4. The van der Waals surface area contributed by atoms with Gasteiger partial charge in [0.05, 0.1) is 27.9 Å². The number of para-hydroxylation sites is 1. The Kier molecular flexibility index (Phi) is 4.81. The number of alkyl halides is 2. The largest absolute Gasteiger partial charge is 0.478 e. The standard InChI is InChI=1S/C25H25F2N3O3/c1-14-12-17(15(2)28-19-7-4-3-6-16(19)22(32)33)20-18(13-14)21(31)30-11-10-24(23(30)29-20)8-5-9-25(24,26)27/h3-4,6-7,12-13,15,28H,5,8-11H2,1-2H3,(H,32,33)/t15-,24+/m1/s1. The van der Waals surface area contributed by atoms with E-state index in [1.165, 1.54) is 10.6 Å². The molecule has 172 valence electrons. The molecule has 2 heterocycles. The summed E-state index contributed by atoms with van der Waals surface area (Å²) in [7, 11) is 0. The Balaban J connectivity index is 1.68. The molecule has 2 aromatic carbocycles. The highest BCUT2D eigenvalue weighted by molar-refractivity contribution is 5.94. The van der Waals surface area contributed by atoms with E-state index in [1.807, 2.05) is 19.9 Å². The van der Waals surface area contributed by atoms with Crippen LogP contribution in [0.15, 0.2) is 41.2 Å². The lowest BCUT2D eigenvalue weighted by molar-refractivity contribution is -0.0584. The van der Waals surface area contributed by atoms with Crippen molar-refractivity contribution in [1.82, 2.24) is 9.55 Å². The van der Waals surface area contributed by atoms with Crippen LogP contribution >= 0.6 is 0 Å². The molecule has 2 aliphatic rings. The van der Waals surface area contributed by atoms with Crippen LogP contribution in [0.3, 0.4) is 0 Å². The van der Waals surface area contributed by atoms with Crippen molar-refractivity contribution in [1.29, 1.82) is 0 Å². The van der Waals surface area contributed by atoms with E-state index in [0.717, 1.165) is 5.56 Å². The van der Waals surface area contributed by atoms with E-state index in [1.54, 1.807) is 24.3 Å². The summed E-state index contributed by atoms with van der Waals surface area (Å²) >= 11 is 0. The normalized spacial score (nSPS) is 21.9.